The van der Waals surface area contributed by atoms with Gasteiger partial charge in [-0.2, -0.15) is 0 Å². The number of methoxy groups -OCH3 is 1. The molecule has 1 atom stereocenters. The molecule has 0 heterocycles. The van der Waals surface area contributed by atoms with Crippen LogP contribution >= 0.6 is 0 Å². The summed E-state index contributed by atoms with van der Waals surface area (Å²) in [5.74, 6) is 0.176. The Morgan fingerprint density at radius 3 is 2.31 bits per heavy atom. The molecule has 2 rings (SSSR count). The average molecular weight is 376 g/mol. The second kappa shape index (κ2) is 7.78. The van der Waals surface area contributed by atoms with E-state index in [0.29, 0.717) is 11.4 Å². The van der Waals surface area contributed by atoms with Gasteiger partial charge < -0.3 is 15.4 Å². The number of carbonyl (C=O) groups excluding carboxylic acids is 1. The molecule has 0 bridgehead atoms. The van der Waals surface area contributed by atoms with Gasteiger partial charge in [-0.15, -0.1) is 0 Å². The van der Waals surface area contributed by atoms with Crippen molar-refractivity contribution in [1.29, 1.82) is 0 Å². The number of sulfone groups is 1. The van der Waals surface area contributed by atoms with Gasteiger partial charge in [0, 0.05) is 18.0 Å². The van der Waals surface area contributed by atoms with Crippen LogP contribution in [-0.2, 0) is 14.6 Å². The molecule has 140 valence electrons. The molecule has 0 saturated carbocycles. The summed E-state index contributed by atoms with van der Waals surface area (Å²) in [6.07, 6.45) is 1.12. The zero-order valence-corrected chi connectivity index (χ0v) is 16.4. The summed E-state index contributed by atoms with van der Waals surface area (Å²) >= 11 is 0. The predicted molar refractivity (Wildman–Crippen MR) is 104 cm³/mol. The van der Waals surface area contributed by atoms with Gasteiger partial charge in [-0.1, -0.05) is 17.7 Å². The zero-order valence-electron chi connectivity index (χ0n) is 15.6. The van der Waals surface area contributed by atoms with Gasteiger partial charge in [0.25, 0.3) is 0 Å². The van der Waals surface area contributed by atoms with E-state index in [1.165, 1.54) is 13.2 Å². The smallest absolute Gasteiger partial charge is 0.246 e. The molecule has 0 aromatic heterocycles. The molecule has 6 nitrogen and oxygen atoms in total. The SMILES string of the molecule is COc1ccc(NC(C)C(=O)Nc2ccc(C)cc2C)c(S(C)(=O)=O)c1. The number of ether oxygens (including phenoxy) is 1. The maximum absolute atomic E-state index is 12.5. The lowest BCUT2D eigenvalue weighted by Crippen LogP contribution is -2.32. The van der Waals surface area contributed by atoms with Crippen LogP contribution in [0.4, 0.5) is 11.4 Å². The second-order valence-electron chi connectivity index (χ2n) is 6.31. The monoisotopic (exact) mass is 376 g/mol. The van der Waals surface area contributed by atoms with Crippen LogP contribution in [0, 0.1) is 13.8 Å². The van der Waals surface area contributed by atoms with Gasteiger partial charge in [0.05, 0.1) is 17.7 Å². The first kappa shape index (κ1) is 19.8. The zero-order chi connectivity index (χ0) is 19.5. The molecule has 0 saturated heterocycles. The molecule has 2 aromatic rings. The number of nitrogens with one attached hydrogen (secondary N) is 2. The lowest BCUT2D eigenvalue weighted by atomic mass is 10.1. The van der Waals surface area contributed by atoms with E-state index in [9.17, 15) is 13.2 Å². The first-order valence-electron chi connectivity index (χ1n) is 8.14. The number of hydrogen-bond acceptors (Lipinski definition) is 5. The number of rotatable bonds is 6. The Morgan fingerprint density at radius 1 is 1.08 bits per heavy atom. The molecule has 0 fully saturated rings. The summed E-state index contributed by atoms with van der Waals surface area (Å²) in [6, 6.07) is 9.80. The number of hydrogen-bond donors (Lipinski definition) is 2. The van der Waals surface area contributed by atoms with E-state index in [1.807, 2.05) is 32.0 Å². The van der Waals surface area contributed by atoms with E-state index >= 15 is 0 Å². The summed E-state index contributed by atoms with van der Waals surface area (Å²) < 4.78 is 29.2. The highest BCUT2D eigenvalue weighted by Gasteiger charge is 2.19. The summed E-state index contributed by atoms with van der Waals surface area (Å²) in [7, 11) is -2.02. The summed E-state index contributed by atoms with van der Waals surface area (Å²) in [5.41, 5.74) is 3.17. The Bertz CT molecular complexity index is 923. The van der Waals surface area contributed by atoms with Crippen molar-refractivity contribution in [1.82, 2.24) is 0 Å². The number of aryl methyl sites for hydroxylation is 2. The van der Waals surface area contributed by atoms with E-state index in [2.05, 4.69) is 10.6 Å². The van der Waals surface area contributed by atoms with Gasteiger partial charge >= 0.3 is 0 Å². The van der Waals surface area contributed by atoms with Crippen molar-refractivity contribution >= 4 is 27.1 Å². The highest BCUT2D eigenvalue weighted by atomic mass is 32.2. The van der Waals surface area contributed by atoms with Gasteiger partial charge in [0.15, 0.2) is 9.84 Å². The lowest BCUT2D eigenvalue weighted by Gasteiger charge is -2.18. The molecule has 2 aromatic carbocycles. The molecule has 0 aliphatic rings. The third kappa shape index (κ3) is 4.76. The molecule has 1 unspecified atom stereocenters. The van der Waals surface area contributed by atoms with Crippen LogP contribution in [0.25, 0.3) is 0 Å². The minimum absolute atomic E-state index is 0.0861. The molecule has 0 aliphatic heterocycles. The fourth-order valence-corrected chi connectivity index (χ4v) is 3.41. The third-order valence-corrected chi connectivity index (χ3v) is 5.13. The van der Waals surface area contributed by atoms with Crippen molar-refractivity contribution in [3.63, 3.8) is 0 Å². The van der Waals surface area contributed by atoms with Crippen LogP contribution < -0.4 is 15.4 Å². The number of amides is 1. The highest BCUT2D eigenvalue weighted by Crippen LogP contribution is 2.27. The third-order valence-electron chi connectivity index (χ3n) is 3.99. The molecule has 2 N–H and O–H groups in total. The average Bonchev–Trinajstić information content (AvgIpc) is 2.56. The highest BCUT2D eigenvalue weighted by molar-refractivity contribution is 7.90. The Labute approximate surface area is 154 Å². The summed E-state index contributed by atoms with van der Waals surface area (Å²) in [4.78, 5) is 12.6. The standard InChI is InChI=1S/C19H24N2O4S/c1-12-6-8-16(13(2)10-12)21-19(22)14(3)20-17-9-7-15(25-4)11-18(17)26(5,23)24/h6-11,14,20H,1-5H3,(H,21,22). The first-order valence-corrected chi connectivity index (χ1v) is 10.0. The van der Waals surface area contributed by atoms with Crippen LogP contribution in [0.3, 0.4) is 0 Å². The van der Waals surface area contributed by atoms with Crippen LogP contribution in [-0.4, -0.2) is 33.7 Å². The maximum Gasteiger partial charge on any atom is 0.246 e. The Hall–Kier alpha value is -2.54. The van der Waals surface area contributed by atoms with E-state index in [-0.39, 0.29) is 10.8 Å². The van der Waals surface area contributed by atoms with Gasteiger partial charge in [-0.3, -0.25) is 4.79 Å². The van der Waals surface area contributed by atoms with Gasteiger partial charge in [0.1, 0.15) is 11.8 Å². The fraction of sp³-hybridized carbons (Fsp3) is 0.316. The minimum atomic E-state index is -3.48. The van der Waals surface area contributed by atoms with Crippen LogP contribution in [0.15, 0.2) is 41.3 Å². The summed E-state index contributed by atoms with van der Waals surface area (Å²) in [5, 5.41) is 5.84. The van der Waals surface area contributed by atoms with Crippen LogP contribution in [0.2, 0.25) is 0 Å². The van der Waals surface area contributed by atoms with Gasteiger partial charge in [0.2, 0.25) is 5.91 Å². The summed E-state index contributed by atoms with van der Waals surface area (Å²) in [6.45, 7) is 5.58. The van der Waals surface area contributed by atoms with E-state index in [0.717, 1.165) is 23.1 Å². The fourth-order valence-electron chi connectivity index (χ4n) is 2.55. The van der Waals surface area contributed by atoms with Gasteiger partial charge in [-0.05, 0) is 44.5 Å². The molecule has 7 heteroatoms. The molecule has 26 heavy (non-hydrogen) atoms. The van der Waals surface area contributed by atoms with Crippen molar-refractivity contribution in [2.24, 2.45) is 0 Å². The number of benzene rings is 2. The normalized spacial score (nSPS) is 12.3. The van der Waals surface area contributed by atoms with Crippen LogP contribution in [0.1, 0.15) is 18.1 Å². The van der Waals surface area contributed by atoms with Crippen molar-refractivity contribution in [2.45, 2.75) is 31.7 Å². The van der Waals surface area contributed by atoms with Crippen molar-refractivity contribution in [3.8, 4) is 5.75 Å². The van der Waals surface area contributed by atoms with Crippen molar-refractivity contribution in [2.75, 3.05) is 24.0 Å². The minimum Gasteiger partial charge on any atom is -0.497 e. The Kier molecular flexibility index (Phi) is 5.92. The molecular weight excluding hydrogens is 352 g/mol. The molecular formula is C19H24N2O4S. The Balaban J connectivity index is 2.21. The molecule has 1 amide bonds. The van der Waals surface area contributed by atoms with Crippen molar-refractivity contribution < 1.29 is 17.9 Å². The maximum atomic E-state index is 12.5. The van der Waals surface area contributed by atoms with Crippen molar-refractivity contribution in [3.05, 3.63) is 47.5 Å². The van der Waals surface area contributed by atoms with E-state index in [1.54, 1.807) is 19.1 Å². The molecule has 0 radical (unpaired) electrons. The largest absolute Gasteiger partial charge is 0.497 e. The molecule has 0 aliphatic carbocycles. The number of anilines is 2. The lowest BCUT2D eigenvalue weighted by molar-refractivity contribution is -0.116. The molecule has 0 spiro atoms. The van der Waals surface area contributed by atoms with Crippen LogP contribution in [0.5, 0.6) is 5.75 Å². The quantitative estimate of drug-likeness (QED) is 0.809. The second-order valence-corrected chi connectivity index (χ2v) is 8.29. The van der Waals surface area contributed by atoms with E-state index in [4.69, 9.17) is 4.74 Å². The van der Waals surface area contributed by atoms with Gasteiger partial charge in [-0.25, -0.2) is 8.42 Å². The first-order chi connectivity index (χ1) is 12.1. The predicted octanol–water partition coefficient (Wildman–Crippen LogP) is 3.15. The van der Waals surface area contributed by atoms with E-state index < -0.39 is 15.9 Å². The Morgan fingerprint density at radius 2 is 1.73 bits per heavy atom. The topological polar surface area (TPSA) is 84.5 Å². The number of carbonyl (C=O) groups is 1.